The average molecular weight is 264 g/mol. The first-order valence-electron chi connectivity index (χ1n) is 6.08. The van der Waals surface area contributed by atoms with Crippen LogP contribution < -0.4 is 11.1 Å². The van der Waals surface area contributed by atoms with Gasteiger partial charge in [-0.3, -0.25) is 0 Å². The molecule has 1 aliphatic heterocycles. The van der Waals surface area contributed by atoms with E-state index in [1.807, 2.05) is 0 Å². The molecule has 3 rings (SSSR count). The fourth-order valence-corrected chi connectivity index (χ4v) is 2.65. The Labute approximate surface area is 109 Å². The van der Waals surface area contributed by atoms with Crippen LogP contribution in [0.4, 0.5) is 5.82 Å². The topological polar surface area (TPSA) is 127 Å². The number of rotatable bonds is 2. The highest BCUT2D eigenvalue weighted by atomic mass is 16.3. The van der Waals surface area contributed by atoms with E-state index in [0.717, 1.165) is 10.9 Å². The third-order valence-electron chi connectivity index (χ3n) is 3.69. The van der Waals surface area contributed by atoms with Crippen molar-refractivity contribution in [2.24, 2.45) is 0 Å². The highest BCUT2D eigenvalue weighted by molar-refractivity contribution is 5.90. The summed E-state index contributed by atoms with van der Waals surface area (Å²) in [4.78, 5) is 7.01. The first-order valence-corrected chi connectivity index (χ1v) is 6.08. The van der Waals surface area contributed by atoms with Crippen molar-refractivity contribution < 1.29 is 15.3 Å². The van der Waals surface area contributed by atoms with E-state index in [1.165, 1.54) is 0 Å². The van der Waals surface area contributed by atoms with Crippen molar-refractivity contribution in [3.05, 3.63) is 24.0 Å². The molecule has 0 amide bonds. The molecular weight excluding hydrogens is 248 g/mol. The summed E-state index contributed by atoms with van der Waals surface area (Å²) in [6.45, 7) is -0.235. The second-order valence-electron chi connectivity index (χ2n) is 4.78. The highest BCUT2D eigenvalue weighted by Gasteiger charge is 2.42. The number of pyridine rings is 1. The van der Waals surface area contributed by atoms with Crippen LogP contribution in [0.1, 0.15) is 11.6 Å². The number of nitrogens with one attached hydrogen (secondary N) is 2. The Balaban J connectivity index is 2.04. The van der Waals surface area contributed by atoms with Crippen LogP contribution in [-0.4, -0.2) is 50.1 Å². The minimum atomic E-state index is -1.00. The lowest BCUT2D eigenvalue weighted by molar-refractivity contribution is 0.0196. The largest absolute Gasteiger partial charge is 0.395 e. The maximum absolute atomic E-state index is 10.1. The van der Waals surface area contributed by atoms with Crippen molar-refractivity contribution >= 4 is 16.7 Å². The minimum Gasteiger partial charge on any atom is -0.395 e. The molecule has 0 aliphatic carbocycles. The molecule has 3 heterocycles. The summed E-state index contributed by atoms with van der Waals surface area (Å²) in [5.74, 6) is 0.385. The Hall–Kier alpha value is -1.67. The number of H-pyrrole nitrogens is 1. The molecular formula is C12H16N4O3. The zero-order chi connectivity index (χ0) is 13.6. The van der Waals surface area contributed by atoms with Crippen molar-refractivity contribution in [3.8, 4) is 0 Å². The fraction of sp³-hybridized carbons (Fsp3) is 0.417. The summed E-state index contributed by atoms with van der Waals surface area (Å²) < 4.78 is 0. The predicted octanol–water partition coefficient (Wildman–Crippen LogP) is -1.13. The Morgan fingerprint density at radius 1 is 1.32 bits per heavy atom. The van der Waals surface area contributed by atoms with Gasteiger partial charge in [0.1, 0.15) is 11.9 Å². The van der Waals surface area contributed by atoms with Gasteiger partial charge < -0.3 is 31.4 Å². The van der Waals surface area contributed by atoms with Crippen LogP contribution in [-0.2, 0) is 0 Å². The van der Waals surface area contributed by atoms with Gasteiger partial charge in [-0.05, 0) is 11.6 Å². The predicted molar refractivity (Wildman–Crippen MR) is 69.3 cm³/mol. The molecule has 1 saturated heterocycles. The second kappa shape index (κ2) is 4.46. The lowest BCUT2D eigenvalue weighted by Gasteiger charge is -2.15. The third-order valence-corrected chi connectivity index (χ3v) is 3.69. The van der Waals surface area contributed by atoms with Crippen LogP contribution in [0, 0.1) is 0 Å². The molecule has 0 bridgehead atoms. The van der Waals surface area contributed by atoms with Gasteiger partial charge in [0, 0.05) is 17.8 Å². The summed E-state index contributed by atoms with van der Waals surface area (Å²) in [5, 5.41) is 32.9. The standard InChI is InChI=1S/C12H16N4O3/c13-12-9-5(1-2-14-12)6(3-15-9)8-11(19)10(18)7(4-17)16-8/h1-3,7-8,10-11,15-19H,4H2,(H2,13,14). The number of nitrogens with zero attached hydrogens (tertiary/aromatic N) is 1. The lowest BCUT2D eigenvalue weighted by Crippen LogP contribution is -2.35. The van der Waals surface area contributed by atoms with Gasteiger partial charge in [0.15, 0.2) is 0 Å². The molecule has 102 valence electrons. The number of nitrogens with two attached hydrogens (primary N) is 1. The zero-order valence-electron chi connectivity index (χ0n) is 10.1. The molecule has 0 radical (unpaired) electrons. The number of aromatic nitrogens is 2. The Morgan fingerprint density at radius 3 is 2.79 bits per heavy atom. The Kier molecular flexibility index (Phi) is 2.90. The van der Waals surface area contributed by atoms with Gasteiger partial charge in [0.25, 0.3) is 0 Å². The van der Waals surface area contributed by atoms with Gasteiger partial charge in [-0.25, -0.2) is 4.98 Å². The van der Waals surface area contributed by atoms with E-state index in [9.17, 15) is 10.2 Å². The molecule has 7 nitrogen and oxygen atoms in total. The number of aliphatic hydroxyl groups excluding tert-OH is 3. The normalized spacial score (nSPS) is 31.1. The molecule has 0 aromatic carbocycles. The van der Waals surface area contributed by atoms with Gasteiger partial charge in [-0.2, -0.15) is 0 Å². The Morgan fingerprint density at radius 2 is 2.11 bits per heavy atom. The molecule has 7 N–H and O–H groups in total. The van der Waals surface area contributed by atoms with E-state index < -0.39 is 24.3 Å². The van der Waals surface area contributed by atoms with E-state index in [0.29, 0.717) is 11.3 Å². The number of aliphatic hydroxyl groups is 3. The zero-order valence-corrected chi connectivity index (χ0v) is 10.1. The molecule has 4 unspecified atom stereocenters. The van der Waals surface area contributed by atoms with Crippen molar-refractivity contribution in [2.45, 2.75) is 24.3 Å². The molecule has 19 heavy (non-hydrogen) atoms. The first-order chi connectivity index (χ1) is 9.13. The first kappa shape index (κ1) is 12.4. The molecule has 4 atom stereocenters. The minimum absolute atomic E-state index is 0.235. The van der Waals surface area contributed by atoms with Crippen LogP contribution in [0.25, 0.3) is 10.9 Å². The van der Waals surface area contributed by atoms with Gasteiger partial charge in [0.05, 0.1) is 30.3 Å². The van der Waals surface area contributed by atoms with Gasteiger partial charge >= 0.3 is 0 Å². The lowest BCUT2D eigenvalue weighted by atomic mass is 10.0. The average Bonchev–Trinajstić information content (AvgIpc) is 2.94. The maximum Gasteiger partial charge on any atom is 0.147 e. The SMILES string of the molecule is Nc1nccc2c(C3NC(CO)C(O)C3O)c[nH]c12. The van der Waals surface area contributed by atoms with Crippen LogP contribution in [0.3, 0.4) is 0 Å². The number of fused-ring (bicyclic) bond motifs is 1. The van der Waals surface area contributed by atoms with Gasteiger partial charge in [-0.1, -0.05) is 0 Å². The highest BCUT2D eigenvalue weighted by Crippen LogP contribution is 2.33. The van der Waals surface area contributed by atoms with Crippen molar-refractivity contribution in [3.63, 3.8) is 0 Å². The summed E-state index contributed by atoms with van der Waals surface area (Å²) >= 11 is 0. The number of hydrogen-bond donors (Lipinski definition) is 6. The van der Waals surface area contributed by atoms with E-state index >= 15 is 0 Å². The number of aromatic amines is 1. The van der Waals surface area contributed by atoms with E-state index in [2.05, 4.69) is 15.3 Å². The summed E-state index contributed by atoms with van der Waals surface area (Å²) in [6, 6.07) is 0.803. The van der Waals surface area contributed by atoms with Crippen LogP contribution in [0.5, 0.6) is 0 Å². The van der Waals surface area contributed by atoms with E-state index in [4.69, 9.17) is 10.8 Å². The third kappa shape index (κ3) is 1.79. The quantitative estimate of drug-likeness (QED) is 0.407. The molecule has 7 heteroatoms. The molecule has 2 aromatic heterocycles. The summed E-state index contributed by atoms with van der Waals surface area (Å²) in [6.07, 6.45) is 1.34. The number of nitrogen functional groups attached to an aromatic ring is 1. The van der Waals surface area contributed by atoms with Gasteiger partial charge in [-0.15, -0.1) is 0 Å². The maximum atomic E-state index is 10.1. The Bertz CT molecular complexity index is 600. The van der Waals surface area contributed by atoms with Crippen molar-refractivity contribution in [1.82, 2.24) is 15.3 Å². The van der Waals surface area contributed by atoms with Crippen LogP contribution >= 0.6 is 0 Å². The number of anilines is 1. The summed E-state index contributed by atoms with van der Waals surface area (Å²) in [5.41, 5.74) is 7.27. The molecule has 0 spiro atoms. The molecule has 2 aromatic rings. The van der Waals surface area contributed by atoms with Gasteiger partial charge in [0.2, 0.25) is 0 Å². The van der Waals surface area contributed by atoms with Crippen LogP contribution in [0.15, 0.2) is 18.5 Å². The smallest absolute Gasteiger partial charge is 0.147 e. The summed E-state index contributed by atoms with van der Waals surface area (Å²) in [7, 11) is 0. The second-order valence-corrected chi connectivity index (χ2v) is 4.78. The van der Waals surface area contributed by atoms with Crippen molar-refractivity contribution in [2.75, 3.05) is 12.3 Å². The molecule has 1 fully saturated rings. The van der Waals surface area contributed by atoms with Crippen molar-refractivity contribution in [1.29, 1.82) is 0 Å². The molecule has 1 aliphatic rings. The monoisotopic (exact) mass is 264 g/mol. The van der Waals surface area contributed by atoms with E-state index in [-0.39, 0.29) is 6.61 Å². The fourth-order valence-electron chi connectivity index (χ4n) is 2.65. The van der Waals surface area contributed by atoms with E-state index in [1.54, 1.807) is 18.5 Å². The number of hydrogen-bond acceptors (Lipinski definition) is 6. The molecule has 0 saturated carbocycles. The van der Waals surface area contributed by atoms with Crippen LogP contribution in [0.2, 0.25) is 0 Å².